The van der Waals surface area contributed by atoms with Crippen LogP contribution in [-0.2, 0) is 21.2 Å². The third-order valence-electron chi connectivity index (χ3n) is 3.33. The number of hydrogen-bond donors (Lipinski definition) is 0. The highest BCUT2D eigenvalue weighted by molar-refractivity contribution is 7.89. The Kier molecular flexibility index (Phi) is 5.07. The Morgan fingerprint density at radius 3 is 2.25 bits per heavy atom. The Balaban J connectivity index is 2.21. The quantitative estimate of drug-likeness (QED) is 0.800. The molecule has 0 aromatic heterocycles. The van der Waals surface area contributed by atoms with Crippen LogP contribution < -0.4 is 0 Å². The van der Waals surface area contributed by atoms with Crippen LogP contribution in [-0.4, -0.2) is 43.9 Å². The molecule has 0 N–H and O–H groups in total. The van der Waals surface area contributed by atoms with Crippen molar-refractivity contribution in [3.05, 3.63) is 29.8 Å². The number of rotatable bonds is 4. The zero-order valence-corrected chi connectivity index (χ0v) is 13.3. The van der Waals surface area contributed by atoms with E-state index in [1.165, 1.54) is 4.31 Å². The largest absolute Gasteiger partial charge is 0.373 e. The van der Waals surface area contributed by atoms with Gasteiger partial charge >= 0.3 is 0 Å². The Labute approximate surface area is 125 Å². The number of halogens is 1. The van der Waals surface area contributed by atoms with Gasteiger partial charge in [-0.1, -0.05) is 12.1 Å². The van der Waals surface area contributed by atoms with Gasteiger partial charge in [-0.15, -0.1) is 11.6 Å². The van der Waals surface area contributed by atoms with Crippen LogP contribution in [0.2, 0.25) is 0 Å². The van der Waals surface area contributed by atoms with Gasteiger partial charge in [0.05, 0.1) is 17.1 Å². The minimum absolute atomic E-state index is 0.0796. The topological polar surface area (TPSA) is 46.6 Å². The van der Waals surface area contributed by atoms with Gasteiger partial charge in [-0.3, -0.25) is 0 Å². The number of morpholine rings is 1. The van der Waals surface area contributed by atoms with Crippen LogP contribution in [0.1, 0.15) is 19.4 Å². The van der Waals surface area contributed by atoms with Gasteiger partial charge in [0.15, 0.2) is 0 Å². The van der Waals surface area contributed by atoms with E-state index in [4.69, 9.17) is 16.3 Å². The summed E-state index contributed by atoms with van der Waals surface area (Å²) < 4.78 is 32.3. The molecule has 0 radical (unpaired) electrons. The van der Waals surface area contributed by atoms with Crippen molar-refractivity contribution >= 4 is 21.6 Å². The summed E-state index contributed by atoms with van der Waals surface area (Å²) in [5, 5.41) is 0. The molecule has 1 fully saturated rings. The van der Waals surface area contributed by atoms with Crippen molar-refractivity contribution in [1.29, 1.82) is 0 Å². The van der Waals surface area contributed by atoms with Crippen molar-refractivity contribution in [1.82, 2.24) is 4.31 Å². The van der Waals surface area contributed by atoms with E-state index in [-0.39, 0.29) is 12.2 Å². The van der Waals surface area contributed by atoms with Gasteiger partial charge in [0.25, 0.3) is 0 Å². The maximum atomic E-state index is 12.6. The van der Waals surface area contributed by atoms with Crippen molar-refractivity contribution < 1.29 is 13.2 Å². The molecule has 0 aliphatic carbocycles. The van der Waals surface area contributed by atoms with Crippen LogP contribution in [0.5, 0.6) is 0 Å². The van der Waals surface area contributed by atoms with Gasteiger partial charge in [-0.05, 0) is 38.0 Å². The highest BCUT2D eigenvalue weighted by Crippen LogP contribution is 2.21. The normalized spacial score (nSPS) is 24.8. The molecule has 6 heteroatoms. The summed E-state index contributed by atoms with van der Waals surface area (Å²) in [5.41, 5.74) is 1.04. The number of sulfonamides is 1. The van der Waals surface area contributed by atoms with E-state index in [2.05, 4.69) is 0 Å². The number of ether oxygens (including phenoxy) is 1. The minimum atomic E-state index is -3.44. The van der Waals surface area contributed by atoms with Crippen LogP contribution >= 0.6 is 11.6 Å². The van der Waals surface area contributed by atoms with Crippen molar-refractivity contribution in [2.75, 3.05) is 19.0 Å². The first kappa shape index (κ1) is 15.8. The van der Waals surface area contributed by atoms with E-state index in [1.54, 1.807) is 12.1 Å². The Hall–Kier alpha value is -0.620. The van der Waals surface area contributed by atoms with Crippen molar-refractivity contribution in [2.24, 2.45) is 0 Å². The number of alkyl halides is 1. The first-order valence-corrected chi connectivity index (χ1v) is 8.71. The molecule has 112 valence electrons. The van der Waals surface area contributed by atoms with E-state index in [9.17, 15) is 8.42 Å². The summed E-state index contributed by atoms with van der Waals surface area (Å²) in [4.78, 5) is 0.331. The monoisotopic (exact) mass is 317 g/mol. The van der Waals surface area contributed by atoms with Gasteiger partial charge in [-0.25, -0.2) is 8.42 Å². The Morgan fingerprint density at radius 2 is 1.75 bits per heavy atom. The maximum absolute atomic E-state index is 12.6. The highest BCUT2D eigenvalue weighted by atomic mass is 35.5. The second kappa shape index (κ2) is 6.43. The van der Waals surface area contributed by atoms with E-state index in [1.807, 2.05) is 26.0 Å². The molecule has 1 aliphatic heterocycles. The Bertz CT molecular complexity index is 534. The second-order valence-corrected chi connectivity index (χ2v) is 7.48. The first-order chi connectivity index (χ1) is 9.43. The number of hydrogen-bond acceptors (Lipinski definition) is 3. The average molecular weight is 318 g/mol. The lowest BCUT2D eigenvalue weighted by atomic mass is 10.2. The first-order valence-electron chi connectivity index (χ1n) is 6.74. The SMILES string of the molecule is CC1CN(S(=O)(=O)c2ccc(CCCl)cc2)CC(C)O1. The maximum Gasteiger partial charge on any atom is 0.243 e. The number of nitrogens with zero attached hydrogens (tertiary/aromatic N) is 1. The summed E-state index contributed by atoms with van der Waals surface area (Å²) in [6.45, 7) is 4.58. The van der Waals surface area contributed by atoms with E-state index >= 15 is 0 Å². The lowest BCUT2D eigenvalue weighted by Gasteiger charge is -2.34. The van der Waals surface area contributed by atoms with E-state index in [0.717, 1.165) is 12.0 Å². The minimum Gasteiger partial charge on any atom is -0.373 e. The van der Waals surface area contributed by atoms with Crippen molar-refractivity contribution in [2.45, 2.75) is 37.4 Å². The summed E-state index contributed by atoms with van der Waals surface area (Å²) in [5.74, 6) is 0.532. The summed E-state index contributed by atoms with van der Waals surface area (Å²) in [7, 11) is -3.44. The molecule has 0 bridgehead atoms. The molecule has 2 rings (SSSR count). The summed E-state index contributed by atoms with van der Waals surface area (Å²) >= 11 is 5.68. The summed E-state index contributed by atoms with van der Waals surface area (Å²) in [6, 6.07) is 6.95. The molecular weight excluding hydrogens is 298 g/mol. The molecule has 1 aromatic rings. The zero-order chi connectivity index (χ0) is 14.8. The highest BCUT2D eigenvalue weighted by Gasteiger charge is 2.31. The molecule has 1 heterocycles. The molecule has 0 amide bonds. The van der Waals surface area contributed by atoms with Crippen LogP contribution in [0, 0.1) is 0 Å². The molecule has 20 heavy (non-hydrogen) atoms. The predicted molar refractivity (Wildman–Crippen MR) is 79.6 cm³/mol. The van der Waals surface area contributed by atoms with Gasteiger partial charge in [-0.2, -0.15) is 4.31 Å². The third kappa shape index (κ3) is 3.52. The van der Waals surface area contributed by atoms with Gasteiger partial charge < -0.3 is 4.74 Å². The molecular formula is C14H20ClNO3S. The van der Waals surface area contributed by atoms with E-state index in [0.29, 0.717) is 23.9 Å². The molecule has 2 atom stereocenters. The molecule has 1 aromatic carbocycles. The van der Waals surface area contributed by atoms with Crippen molar-refractivity contribution in [3.8, 4) is 0 Å². The number of aryl methyl sites for hydroxylation is 1. The van der Waals surface area contributed by atoms with Crippen LogP contribution in [0.25, 0.3) is 0 Å². The molecule has 2 unspecified atom stereocenters. The van der Waals surface area contributed by atoms with E-state index < -0.39 is 10.0 Å². The second-order valence-electron chi connectivity index (χ2n) is 5.16. The fourth-order valence-electron chi connectivity index (χ4n) is 2.41. The lowest BCUT2D eigenvalue weighted by molar-refractivity contribution is -0.0440. The summed E-state index contributed by atoms with van der Waals surface area (Å²) in [6.07, 6.45) is 0.584. The fourth-order valence-corrected chi connectivity index (χ4v) is 4.22. The molecule has 4 nitrogen and oxygen atoms in total. The fraction of sp³-hybridized carbons (Fsp3) is 0.571. The lowest BCUT2D eigenvalue weighted by Crippen LogP contribution is -2.48. The standard InChI is InChI=1S/C14H20ClNO3S/c1-11-9-16(10-12(2)19-11)20(17,18)14-5-3-13(4-6-14)7-8-15/h3-6,11-12H,7-10H2,1-2H3. The zero-order valence-electron chi connectivity index (χ0n) is 11.8. The van der Waals surface area contributed by atoms with Crippen LogP contribution in [0.15, 0.2) is 29.2 Å². The van der Waals surface area contributed by atoms with Crippen LogP contribution in [0.3, 0.4) is 0 Å². The average Bonchev–Trinajstić information content (AvgIpc) is 2.38. The smallest absolute Gasteiger partial charge is 0.243 e. The number of benzene rings is 1. The molecule has 1 saturated heterocycles. The van der Waals surface area contributed by atoms with Gasteiger partial charge in [0.2, 0.25) is 10.0 Å². The van der Waals surface area contributed by atoms with Gasteiger partial charge in [0, 0.05) is 19.0 Å². The van der Waals surface area contributed by atoms with Crippen molar-refractivity contribution in [3.63, 3.8) is 0 Å². The molecule has 0 saturated carbocycles. The Morgan fingerprint density at radius 1 is 1.20 bits per heavy atom. The van der Waals surface area contributed by atoms with Crippen LogP contribution in [0.4, 0.5) is 0 Å². The molecule has 1 aliphatic rings. The third-order valence-corrected chi connectivity index (χ3v) is 5.37. The predicted octanol–water partition coefficient (Wildman–Crippen LogP) is 2.27. The molecule has 0 spiro atoms. The van der Waals surface area contributed by atoms with Gasteiger partial charge in [0.1, 0.15) is 0 Å².